The average molecular weight is 344 g/mol. The highest BCUT2D eigenvalue weighted by Gasteiger charge is 2.27. The molecule has 2 aromatic rings. The Morgan fingerprint density at radius 3 is 2.92 bits per heavy atom. The molecule has 1 fully saturated rings. The summed E-state index contributed by atoms with van der Waals surface area (Å²) < 4.78 is 0. The van der Waals surface area contributed by atoms with Crippen molar-refractivity contribution in [3.63, 3.8) is 0 Å². The maximum absolute atomic E-state index is 12.7. The first-order valence-electron chi connectivity index (χ1n) is 8.39. The smallest absolute Gasteiger partial charge is 0.227 e. The number of aromatic nitrogens is 2. The number of aryl methyl sites for hydroxylation is 2. The average Bonchev–Trinajstić information content (AvgIpc) is 2.92. The quantitative estimate of drug-likeness (QED) is 0.856. The van der Waals surface area contributed by atoms with Gasteiger partial charge >= 0.3 is 0 Å². The van der Waals surface area contributed by atoms with Crippen molar-refractivity contribution in [3.05, 3.63) is 40.0 Å². The second-order valence-corrected chi connectivity index (χ2v) is 7.64. The molecule has 0 unspecified atom stereocenters. The second kappa shape index (κ2) is 7.30. The summed E-state index contributed by atoms with van der Waals surface area (Å²) in [6.45, 7) is 5.82. The summed E-state index contributed by atoms with van der Waals surface area (Å²) in [6, 6.07) is 6.21. The molecule has 1 atom stereocenters. The van der Waals surface area contributed by atoms with Gasteiger partial charge in [-0.1, -0.05) is 6.07 Å². The molecular formula is C18H24N4OS. The lowest BCUT2D eigenvalue weighted by Crippen LogP contribution is -2.49. The SMILES string of the molecule is Cc1nc(C)c(CC(=O)N(C)[C@@H]2CCCN(c3ccccn3)C2)s1. The number of rotatable bonds is 4. The molecule has 6 heteroatoms. The third-order valence-corrected chi connectivity index (χ3v) is 5.70. The maximum Gasteiger partial charge on any atom is 0.227 e. The van der Waals surface area contributed by atoms with Crippen LogP contribution in [0.3, 0.4) is 0 Å². The van der Waals surface area contributed by atoms with Gasteiger partial charge in [-0.25, -0.2) is 9.97 Å². The number of anilines is 1. The first-order valence-corrected chi connectivity index (χ1v) is 9.21. The summed E-state index contributed by atoms with van der Waals surface area (Å²) in [4.78, 5) is 26.8. The van der Waals surface area contributed by atoms with Crippen molar-refractivity contribution in [1.82, 2.24) is 14.9 Å². The largest absolute Gasteiger partial charge is 0.355 e. The summed E-state index contributed by atoms with van der Waals surface area (Å²) in [7, 11) is 1.93. The molecule has 24 heavy (non-hydrogen) atoms. The molecule has 0 bridgehead atoms. The summed E-state index contributed by atoms with van der Waals surface area (Å²) in [5, 5.41) is 1.02. The lowest BCUT2D eigenvalue weighted by Gasteiger charge is -2.38. The zero-order chi connectivity index (χ0) is 17.1. The van der Waals surface area contributed by atoms with Crippen LogP contribution in [-0.4, -0.2) is 47.0 Å². The fraction of sp³-hybridized carbons (Fsp3) is 0.500. The van der Waals surface area contributed by atoms with Gasteiger partial charge in [-0.15, -0.1) is 11.3 Å². The Kier molecular flexibility index (Phi) is 5.14. The highest BCUT2D eigenvalue weighted by atomic mass is 32.1. The normalized spacial score (nSPS) is 17.8. The standard InChI is InChI=1S/C18H24N4OS/c1-13-16(24-14(2)20-13)11-18(23)21(3)15-7-6-10-22(12-15)17-8-4-5-9-19-17/h4-5,8-9,15H,6-7,10-12H2,1-3H3/t15-/m1/s1. The Hall–Kier alpha value is -1.95. The van der Waals surface area contributed by atoms with Crippen LogP contribution in [0.2, 0.25) is 0 Å². The molecule has 128 valence electrons. The number of carbonyl (C=O) groups excluding carboxylic acids is 1. The molecular weight excluding hydrogens is 320 g/mol. The van der Waals surface area contributed by atoms with Crippen LogP contribution in [0.25, 0.3) is 0 Å². The monoisotopic (exact) mass is 344 g/mol. The van der Waals surface area contributed by atoms with Gasteiger partial charge < -0.3 is 9.80 Å². The van der Waals surface area contributed by atoms with Crippen LogP contribution in [0.5, 0.6) is 0 Å². The predicted octanol–water partition coefficient (Wildman–Crippen LogP) is 2.82. The molecule has 0 aromatic carbocycles. The third-order valence-electron chi connectivity index (χ3n) is 4.62. The van der Waals surface area contributed by atoms with E-state index in [0.717, 1.165) is 47.3 Å². The minimum atomic E-state index is 0.176. The molecule has 2 aromatic heterocycles. The molecule has 3 rings (SSSR count). The molecule has 5 nitrogen and oxygen atoms in total. The lowest BCUT2D eigenvalue weighted by molar-refractivity contribution is -0.131. The third kappa shape index (κ3) is 3.75. The predicted molar refractivity (Wildman–Crippen MR) is 97.5 cm³/mol. The van der Waals surface area contributed by atoms with E-state index in [1.807, 2.05) is 50.2 Å². The van der Waals surface area contributed by atoms with E-state index in [2.05, 4.69) is 14.9 Å². The Balaban J connectivity index is 1.64. The maximum atomic E-state index is 12.7. The van der Waals surface area contributed by atoms with Gasteiger partial charge in [0.15, 0.2) is 0 Å². The van der Waals surface area contributed by atoms with Crippen LogP contribution in [0.1, 0.15) is 28.4 Å². The minimum Gasteiger partial charge on any atom is -0.355 e. The van der Waals surface area contributed by atoms with Crippen molar-refractivity contribution in [1.29, 1.82) is 0 Å². The summed E-state index contributed by atoms with van der Waals surface area (Å²) in [5.41, 5.74) is 0.984. The van der Waals surface area contributed by atoms with Crippen molar-refractivity contribution in [3.8, 4) is 0 Å². The molecule has 1 amide bonds. The van der Waals surface area contributed by atoms with Gasteiger partial charge in [-0.05, 0) is 38.8 Å². The van der Waals surface area contributed by atoms with Crippen molar-refractivity contribution in [2.75, 3.05) is 25.0 Å². The number of nitrogens with zero attached hydrogens (tertiary/aromatic N) is 4. The minimum absolute atomic E-state index is 0.176. The molecule has 1 aliphatic heterocycles. The second-order valence-electron chi connectivity index (χ2n) is 6.35. The number of hydrogen-bond acceptors (Lipinski definition) is 5. The number of carbonyl (C=O) groups is 1. The van der Waals surface area contributed by atoms with Gasteiger partial charge in [0, 0.05) is 37.3 Å². The van der Waals surface area contributed by atoms with Crippen LogP contribution in [0, 0.1) is 13.8 Å². The fourth-order valence-corrected chi connectivity index (χ4v) is 4.15. The van der Waals surface area contributed by atoms with E-state index in [1.54, 1.807) is 11.3 Å². The molecule has 0 saturated carbocycles. The van der Waals surface area contributed by atoms with E-state index >= 15 is 0 Å². The zero-order valence-electron chi connectivity index (χ0n) is 14.5. The van der Waals surface area contributed by atoms with Gasteiger partial charge in [0.05, 0.1) is 17.1 Å². The van der Waals surface area contributed by atoms with E-state index in [0.29, 0.717) is 6.42 Å². The fourth-order valence-electron chi connectivity index (χ4n) is 3.22. The lowest BCUT2D eigenvalue weighted by atomic mass is 10.0. The van der Waals surface area contributed by atoms with Crippen molar-refractivity contribution in [2.45, 2.75) is 39.2 Å². The number of likely N-dealkylation sites (N-methyl/N-ethyl adjacent to an activating group) is 1. The van der Waals surface area contributed by atoms with Crippen molar-refractivity contribution in [2.24, 2.45) is 0 Å². The van der Waals surface area contributed by atoms with Crippen LogP contribution in [0.4, 0.5) is 5.82 Å². The van der Waals surface area contributed by atoms with Gasteiger partial charge in [0.2, 0.25) is 5.91 Å². The molecule has 0 spiro atoms. The first-order chi connectivity index (χ1) is 11.5. The van der Waals surface area contributed by atoms with E-state index in [-0.39, 0.29) is 11.9 Å². The number of piperidine rings is 1. The molecule has 1 saturated heterocycles. The molecule has 0 N–H and O–H groups in total. The number of hydrogen-bond donors (Lipinski definition) is 0. The Labute approximate surface area is 147 Å². The van der Waals surface area contributed by atoms with E-state index in [4.69, 9.17) is 0 Å². The Morgan fingerprint density at radius 1 is 1.42 bits per heavy atom. The highest BCUT2D eigenvalue weighted by molar-refractivity contribution is 7.11. The van der Waals surface area contributed by atoms with Crippen LogP contribution >= 0.6 is 11.3 Å². The number of thiazole rings is 1. The van der Waals surface area contributed by atoms with Gasteiger partial charge in [0.1, 0.15) is 5.82 Å². The van der Waals surface area contributed by atoms with Crippen molar-refractivity contribution < 1.29 is 4.79 Å². The Morgan fingerprint density at radius 2 is 2.25 bits per heavy atom. The molecule has 1 aliphatic rings. The molecule has 0 aliphatic carbocycles. The van der Waals surface area contributed by atoms with E-state index in [9.17, 15) is 4.79 Å². The topological polar surface area (TPSA) is 49.3 Å². The van der Waals surface area contributed by atoms with Gasteiger partial charge in [-0.3, -0.25) is 4.79 Å². The number of pyridine rings is 1. The zero-order valence-corrected chi connectivity index (χ0v) is 15.3. The first kappa shape index (κ1) is 16.9. The van der Waals surface area contributed by atoms with Gasteiger partial charge in [-0.2, -0.15) is 0 Å². The summed E-state index contributed by atoms with van der Waals surface area (Å²) >= 11 is 1.63. The van der Waals surface area contributed by atoms with Crippen LogP contribution in [0.15, 0.2) is 24.4 Å². The molecule has 3 heterocycles. The number of amides is 1. The Bertz CT molecular complexity index is 700. The molecule has 0 radical (unpaired) electrons. The van der Waals surface area contributed by atoms with E-state index in [1.165, 1.54) is 0 Å². The van der Waals surface area contributed by atoms with Crippen LogP contribution < -0.4 is 4.90 Å². The summed E-state index contributed by atoms with van der Waals surface area (Å²) in [6.07, 6.45) is 4.40. The van der Waals surface area contributed by atoms with E-state index < -0.39 is 0 Å². The summed E-state index contributed by atoms with van der Waals surface area (Å²) in [5.74, 6) is 1.17. The highest BCUT2D eigenvalue weighted by Crippen LogP contribution is 2.22. The van der Waals surface area contributed by atoms with Crippen LogP contribution in [-0.2, 0) is 11.2 Å². The van der Waals surface area contributed by atoms with Gasteiger partial charge in [0.25, 0.3) is 0 Å². The van der Waals surface area contributed by atoms with Crippen molar-refractivity contribution >= 4 is 23.1 Å².